The Hall–Kier alpha value is -1.83. The molecule has 0 bridgehead atoms. The first-order valence-electron chi connectivity index (χ1n) is 5.93. The van der Waals surface area contributed by atoms with Crippen molar-refractivity contribution in [1.29, 1.82) is 0 Å². The van der Waals surface area contributed by atoms with E-state index in [4.69, 9.17) is 4.74 Å². The first-order chi connectivity index (χ1) is 8.27. The quantitative estimate of drug-likeness (QED) is 0.641. The van der Waals surface area contributed by atoms with Gasteiger partial charge in [-0.3, -0.25) is 4.98 Å². The van der Waals surface area contributed by atoms with Gasteiger partial charge in [0.1, 0.15) is 12.4 Å². The van der Waals surface area contributed by atoms with Crippen LogP contribution in [0.15, 0.2) is 30.5 Å². The summed E-state index contributed by atoms with van der Waals surface area (Å²) in [6, 6.07) is 4.26. The Balaban J connectivity index is 2.38. The number of hydrogen-bond donors (Lipinski definition) is 0. The molecule has 3 rings (SSSR count). The van der Waals surface area contributed by atoms with Crippen molar-refractivity contribution in [3.05, 3.63) is 47.2 Å². The van der Waals surface area contributed by atoms with Gasteiger partial charge in [0.15, 0.2) is 0 Å². The van der Waals surface area contributed by atoms with Crippen molar-refractivity contribution in [2.24, 2.45) is 0 Å². The molecule has 0 saturated heterocycles. The third kappa shape index (κ3) is 1.60. The van der Waals surface area contributed by atoms with Crippen LogP contribution in [-0.4, -0.2) is 11.6 Å². The van der Waals surface area contributed by atoms with E-state index in [1.807, 2.05) is 6.20 Å². The van der Waals surface area contributed by atoms with Gasteiger partial charge in [0, 0.05) is 17.1 Å². The van der Waals surface area contributed by atoms with Crippen LogP contribution in [0.5, 0.6) is 5.75 Å². The Kier molecular flexibility index (Phi) is 2.36. The maximum Gasteiger partial charge on any atom is 0.134 e. The zero-order chi connectivity index (χ0) is 11.8. The highest BCUT2D eigenvalue weighted by Gasteiger charge is 2.14. The summed E-state index contributed by atoms with van der Waals surface area (Å²) in [5.74, 6) is 1.02. The first kappa shape index (κ1) is 10.3. The number of ether oxygens (including phenoxy) is 1. The minimum Gasteiger partial charge on any atom is -0.488 e. The molecule has 0 atom stereocenters. The highest BCUT2D eigenvalue weighted by atomic mass is 16.5. The Labute approximate surface area is 101 Å². The second-order valence-corrected chi connectivity index (χ2v) is 4.52. The van der Waals surface area contributed by atoms with E-state index in [0.717, 1.165) is 17.7 Å². The SMILES string of the molecule is Cc1ccc(C)c2c3c(cnc12)CC=CCO3. The molecule has 1 aliphatic heterocycles. The molecule has 86 valence electrons. The first-order valence-corrected chi connectivity index (χ1v) is 5.93. The standard InChI is InChI=1S/C15H15NO/c1-10-6-7-11(2)14-13(10)15-12(9-16-14)5-3-4-8-17-15/h3-4,6-7,9H,5,8H2,1-2H3. The largest absolute Gasteiger partial charge is 0.488 e. The van der Waals surface area contributed by atoms with Crippen molar-refractivity contribution in [3.8, 4) is 5.75 Å². The molecule has 2 nitrogen and oxygen atoms in total. The van der Waals surface area contributed by atoms with Crippen LogP contribution in [0.25, 0.3) is 10.9 Å². The van der Waals surface area contributed by atoms with Crippen LogP contribution in [-0.2, 0) is 6.42 Å². The molecule has 0 N–H and O–H groups in total. The number of aryl methyl sites for hydroxylation is 2. The molecule has 0 aliphatic carbocycles. The lowest BCUT2D eigenvalue weighted by molar-refractivity contribution is 0.366. The van der Waals surface area contributed by atoms with Gasteiger partial charge in [0.05, 0.1) is 5.52 Å². The topological polar surface area (TPSA) is 22.1 Å². The fourth-order valence-electron chi connectivity index (χ4n) is 2.33. The van der Waals surface area contributed by atoms with Gasteiger partial charge < -0.3 is 4.74 Å². The smallest absolute Gasteiger partial charge is 0.134 e. The Morgan fingerprint density at radius 1 is 1.12 bits per heavy atom. The molecular weight excluding hydrogens is 210 g/mol. The maximum absolute atomic E-state index is 5.87. The van der Waals surface area contributed by atoms with E-state index >= 15 is 0 Å². The number of pyridine rings is 1. The lowest BCUT2D eigenvalue weighted by Gasteiger charge is -2.13. The fourth-order valence-corrected chi connectivity index (χ4v) is 2.33. The van der Waals surface area contributed by atoms with Crippen LogP contribution in [0.3, 0.4) is 0 Å². The van der Waals surface area contributed by atoms with E-state index in [2.05, 4.69) is 43.1 Å². The van der Waals surface area contributed by atoms with Crippen molar-refractivity contribution in [2.75, 3.05) is 6.61 Å². The minimum atomic E-state index is 0.652. The summed E-state index contributed by atoms with van der Waals surface area (Å²) in [6.07, 6.45) is 7.06. The lowest BCUT2D eigenvalue weighted by atomic mass is 10.0. The predicted molar refractivity (Wildman–Crippen MR) is 69.6 cm³/mol. The predicted octanol–water partition coefficient (Wildman–Crippen LogP) is 3.34. The van der Waals surface area contributed by atoms with E-state index in [-0.39, 0.29) is 0 Å². The molecule has 2 heterocycles. The number of hydrogen-bond acceptors (Lipinski definition) is 2. The minimum absolute atomic E-state index is 0.652. The van der Waals surface area contributed by atoms with Gasteiger partial charge in [-0.15, -0.1) is 0 Å². The molecule has 0 spiro atoms. The molecule has 0 saturated carbocycles. The van der Waals surface area contributed by atoms with Crippen molar-refractivity contribution in [1.82, 2.24) is 4.98 Å². The van der Waals surface area contributed by atoms with Gasteiger partial charge in [-0.2, -0.15) is 0 Å². The van der Waals surface area contributed by atoms with Gasteiger partial charge in [0.2, 0.25) is 0 Å². The van der Waals surface area contributed by atoms with E-state index in [0.29, 0.717) is 6.61 Å². The molecule has 2 heteroatoms. The molecule has 1 aliphatic rings. The average Bonchev–Trinajstić information content (AvgIpc) is 2.58. The number of fused-ring (bicyclic) bond motifs is 3. The van der Waals surface area contributed by atoms with Gasteiger partial charge in [0.25, 0.3) is 0 Å². The average molecular weight is 225 g/mol. The Bertz CT molecular complexity index is 614. The molecule has 0 unspecified atom stereocenters. The molecular formula is C15H15NO. The number of allylic oxidation sites excluding steroid dienone is 1. The van der Waals surface area contributed by atoms with Crippen molar-refractivity contribution in [3.63, 3.8) is 0 Å². The number of nitrogens with zero attached hydrogens (tertiary/aromatic N) is 1. The van der Waals surface area contributed by atoms with Crippen LogP contribution in [0.2, 0.25) is 0 Å². The van der Waals surface area contributed by atoms with E-state index in [1.165, 1.54) is 22.1 Å². The summed E-state index contributed by atoms with van der Waals surface area (Å²) in [4.78, 5) is 4.58. The van der Waals surface area contributed by atoms with Crippen molar-refractivity contribution >= 4 is 10.9 Å². The summed E-state index contributed by atoms with van der Waals surface area (Å²) >= 11 is 0. The van der Waals surface area contributed by atoms with Gasteiger partial charge >= 0.3 is 0 Å². The number of rotatable bonds is 0. The maximum atomic E-state index is 5.87. The summed E-state index contributed by atoms with van der Waals surface area (Å²) in [5.41, 5.74) is 4.68. The summed E-state index contributed by atoms with van der Waals surface area (Å²) in [7, 11) is 0. The molecule has 1 aromatic heterocycles. The van der Waals surface area contributed by atoms with Crippen molar-refractivity contribution in [2.45, 2.75) is 20.3 Å². The van der Waals surface area contributed by atoms with Crippen LogP contribution in [0.4, 0.5) is 0 Å². The van der Waals surface area contributed by atoms with Crippen LogP contribution in [0, 0.1) is 13.8 Å². The molecule has 0 radical (unpaired) electrons. The van der Waals surface area contributed by atoms with E-state index in [1.54, 1.807) is 0 Å². The molecule has 0 amide bonds. The highest BCUT2D eigenvalue weighted by Crippen LogP contribution is 2.33. The molecule has 17 heavy (non-hydrogen) atoms. The number of benzene rings is 1. The normalized spacial score (nSPS) is 14.2. The second kappa shape index (κ2) is 3.88. The van der Waals surface area contributed by atoms with Gasteiger partial charge in [-0.05, 0) is 31.4 Å². The molecule has 1 aromatic carbocycles. The van der Waals surface area contributed by atoms with Gasteiger partial charge in [-0.25, -0.2) is 0 Å². The second-order valence-electron chi connectivity index (χ2n) is 4.52. The Morgan fingerprint density at radius 2 is 1.94 bits per heavy atom. The third-order valence-corrected chi connectivity index (χ3v) is 3.28. The van der Waals surface area contributed by atoms with Gasteiger partial charge in [-0.1, -0.05) is 24.3 Å². The Morgan fingerprint density at radius 3 is 2.82 bits per heavy atom. The molecule has 2 aromatic rings. The molecule has 0 fully saturated rings. The zero-order valence-electron chi connectivity index (χ0n) is 10.2. The van der Waals surface area contributed by atoms with E-state index in [9.17, 15) is 0 Å². The fraction of sp³-hybridized carbons (Fsp3) is 0.267. The summed E-state index contributed by atoms with van der Waals surface area (Å²) < 4.78 is 5.87. The third-order valence-electron chi connectivity index (χ3n) is 3.28. The number of aromatic nitrogens is 1. The van der Waals surface area contributed by atoms with Crippen LogP contribution < -0.4 is 4.74 Å². The lowest BCUT2D eigenvalue weighted by Crippen LogP contribution is -1.98. The van der Waals surface area contributed by atoms with E-state index < -0.39 is 0 Å². The summed E-state index contributed by atoms with van der Waals surface area (Å²) in [5, 5.41) is 1.17. The summed E-state index contributed by atoms with van der Waals surface area (Å²) in [6.45, 7) is 4.86. The highest BCUT2D eigenvalue weighted by molar-refractivity contribution is 5.91. The van der Waals surface area contributed by atoms with Crippen LogP contribution in [0.1, 0.15) is 16.7 Å². The monoisotopic (exact) mass is 225 g/mol. The zero-order valence-corrected chi connectivity index (χ0v) is 10.2. The van der Waals surface area contributed by atoms with Crippen molar-refractivity contribution < 1.29 is 4.74 Å². The van der Waals surface area contributed by atoms with Crippen LogP contribution >= 0.6 is 0 Å².